The number of esters is 2. The first-order valence-corrected chi connectivity index (χ1v) is 19.6. The van der Waals surface area contributed by atoms with Crippen LogP contribution in [0, 0.1) is 0 Å². The van der Waals surface area contributed by atoms with Crippen molar-refractivity contribution in [3.8, 4) is 17.2 Å². The van der Waals surface area contributed by atoms with E-state index in [4.69, 9.17) is 33.6 Å². The van der Waals surface area contributed by atoms with Gasteiger partial charge in [-0.05, 0) is 45.8 Å². The van der Waals surface area contributed by atoms with Crippen LogP contribution >= 0.6 is 23.5 Å². The number of rotatable bonds is 17. The Balaban J connectivity index is 1.30. The van der Waals surface area contributed by atoms with Gasteiger partial charge in [0.15, 0.2) is 18.1 Å². The maximum Gasteiger partial charge on any atom is 0.352 e. The highest BCUT2D eigenvalue weighted by Gasteiger charge is 2.67. The van der Waals surface area contributed by atoms with Gasteiger partial charge in [0.1, 0.15) is 40.6 Å². The SMILES string of the molecule is CO[C@@]1(NC(=O)C(NC(=O)c2cc3cc(OC(C)=O)c(OC(C)=O)cc3oc2=O)c2ccc(OCC(=O)O)cc2)C(=O)N2C(C(=O)O)=C(CSc3nnnn3CC(=O)O)CS[C@H]21. The Labute approximate surface area is 354 Å². The van der Waals surface area contributed by atoms with Gasteiger partial charge in [-0.1, -0.05) is 23.9 Å². The van der Waals surface area contributed by atoms with Crippen LogP contribution in [0.5, 0.6) is 17.2 Å². The largest absolute Gasteiger partial charge is 0.482 e. The summed E-state index contributed by atoms with van der Waals surface area (Å²) in [5.41, 5.74) is -4.40. The van der Waals surface area contributed by atoms with Crippen molar-refractivity contribution in [1.29, 1.82) is 0 Å². The fraction of sp³-hybridized carbons (Fsp3) is 0.278. The summed E-state index contributed by atoms with van der Waals surface area (Å²) in [7, 11) is 1.09. The van der Waals surface area contributed by atoms with Crippen molar-refractivity contribution in [3.05, 3.63) is 75.3 Å². The van der Waals surface area contributed by atoms with E-state index in [1.165, 1.54) is 30.3 Å². The molecule has 3 amide bonds. The molecule has 26 heteroatoms. The molecule has 1 fully saturated rings. The van der Waals surface area contributed by atoms with Gasteiger partial charge in [-0.25, -0.2) is 19.1 Å². The van der Waals surface area contributed by atoms with Crippen molar-refractivity contribution in [2.45, 2.75) is 42.7 Å². The average molecular weight is 898 g/mol. The third-order valence-corrected chi connectivity index (χ3v) is 11.2. The number of hydrogen-bond donors (Lipinski definition) is 5. The number of thioether (sulfide) groups is 2. The molecule has 0 bridgehead atoms. The molecule has 5 N–H and O–H groups in total. The molecule has 1 unspecified atom stereocenters. The highest BCUT2D eigenvalue weighted by Crippen LogP contribution is 2.47. The number of nitrogens with zero attached hydrogens (tertiary/aromatic N) is 5. The monoisotopic (exact) mass is 897 g/mol. The molecule has 1 saturated heterocycles. The Bertz CT molecular complexity index is 2630. The zero-order valence-corrected chi connectivity index (χ0v) is 33.8. The molecule has 3 atom stereocenters. The summed E-state index contributed by atoms with van der Waals surface area (Å²) < 4.78 is 27.3. The number of ether oxygens (including phenoxy) is 4. The molecule has 0 spiro atoms. The van der Waals surface area contributed by atoms with E-state index in [0.717, 1.165) is 66.2 Å². The number of carbonyl (C=O) groups excluding carboxylic acids is 5. The van der Waals surface area contributed by atoms with Crippen LogP contribution in [0.3, 0.4) is 0 Å². The molecule has 24 nitrogen and oxygen atoms in total. The molecular formula is C36H31N7O17S2. The predicted octanol–water partition coefficient (Wildman–Crippen LogP) is 0.154. The summed E-state index contributed by atoms with van der Waals surface area (Å²) in [5.74, 6) is -9.38. The van der Waals surface area contributed by atoms with Gasteiger partial charge in [-0.15, -0.1) is 16.9 Å². The third kappa shape index (κ3) is 9.20. The number of methoxy groups -OCH3 is 1. The van der Waals surface area contributed by atoms with Crippen LogP contribution in [0.15, 0.2) is 68.1 Å². The minimum absolute atomic E-state index is 0.0121. The van der Waals surface area contributed by atoms with Crippen molar-refractivity contribution in [2.24, 2.45) is 0 Å². The topological polar surface area (TPSA) is 335 Å². The van der Waals surface area contributed by atoms with Crippen LogP contribution in [0.4, 0.5) is 0 Å². The van der Waals surface area contributed by atoms with E-state index in [1.54, 1.807) is 0 Å². The Morgan fingerprint density at radius 3 is 2.27 bits per heavy atom. The lowest BCUT2D eigenvalue weighted by Gasteiger charge is -2.56. The summed E-state index contributed by atoms with van der Waals surface area (Å²) >= 11 is 1.96. The quantitative estimate of drug-likeness (QED) is 0.0235. The number of carboxylic acids is 3. The lowest BCUT2D eigenvalue weighted by Crippen LogP contribution is -2.81. The zero-order chi connectivity index (χ0) is 45.0. The number of hydrogen-bond acceptors (Lipinski definition) is 19. The molecule has 62 heavy (non-hydrogen) atoms. The minimum Gasteiger partial charge on any atom is -0.482 e. The standard InChI is InChI=1S/C36H31N7O17S2/c1-15(44)58-23-9-18-8-21(32(54)60-22(18)10-24(23)59-16(2)45)29(50)37-27(17-4-6-20(7-5-17)57-12-26(48)49)30(51)38-36(56-3)33(55)43-28(31(52)53)19(13-61-34(36)43)14-62-35-39-40-41-42(35)11-25(46)47/h4-10,27,34H,11-14H2,1-3H3,(H,37,50)(H,38,51)(H,46,47)(H,48,49)(H,52,53)/t27?,34-,36-/m0/s1. The summed E-state index contributed by atoms with van der Waals surface area (Å²) in [5, 5.41) is 43.0. The lowest BCUT2D eigenvalue weighted by molar-refractivity contribution is -0.192. The van der Waals surface area contributed by atoms with Crippen LogP contribution in [0.25, 0.3) is 11.0 Å². The average Bonchev–Trinajstić information content (AvgIpc) is 3.65. The molecule has 4 heterocycles. The molecule has 0 radical (unpaired) electrons. The third-order valence-electron chi connectivity index (χ3n) is 8.77. The van der Waals surface area contributed by atoms with E-state index in [9.17, 15) is 48.3 Å². The van der Waals surface area contributed by atoms with Gasteiger partial charge in [0.05, 0.1) is 0 Å². The van der Waals surface area contributed by atoms with Gasteiger partial charge in [0.2, 0.25) is 11.1 Å². The Kier molecular flexibility index (Phi) is 12.9. The molecule has 2 aromatic carbocycles. The van der Waals surface area contributed by atoms with Gasteiger partial charge in [0, 0.05) is 43.9 Å². The van der Waals surface area contributed by atoms with Gasteiger partial charge < -0.3 is 49.3 Å². The summed E-state index contributed by atoms with van der Waals surface area (Å²) in [6, 6.07) is 6.73. The minimum atomic E-state index is -2.20. The highest BCUT2D eigenvalue weighted by atomic mass is 32.2. The van der Waals surface area contributed by atoms with E-state index < -0.39 is 94.7 Å². The Morgan fingerprint density at radius 1 is 0.984 bits per heavy atom. The summed E-state index contributed by atoms with van der Waals surface area (Å²) in [6.45, 7) is 0.898. The number of β-lactam (4-membered cyclic amide) rings is 1. The number of aromatic nitrogens is 4. The number of aliphatic carboxylic acids is 3. The molecule has 0 aliphatic carbocycles. The van der Waals surface area contributed by atoms with Crippen LogP contribution < -0.4 is 30.5 Å². The number of carbonyl (C=O) groups is 8. The Morgan fingerprint density at radius 2 is 1.66 bits per heavy atom. The normalized spacial score (nSPS) is 17.3. The van der Waals surface area contributed by atoms with E-state index in [1.807, 2.05) is 0 Å². The van der Waals surface area contributed by atoms with E-state index >= 15 is 0 Å². The van der Waals surface area contributed by atoms with Crippen molar-refractivity contribution in [2.75, 3.05) is 25.2 Å². The first-order valence-electron chi connectivity index (χ1n) is 17.5. The first kappa shape index (κ1) is 44.2. The highest BCUT2D eigenvalue weighted by molar-refractivity contribution is 8.01. The molecule has 2 aliphatic rings. The summed E-state index contributed by atoms with van der Waals surface area (Å²) in [6.07, 6.45) is 0. The number of amides is 3. The fourth-order valence-corrected chi connectivity index (χ4v) is 8.61. The van der Waals surface area contributed by atoms with Crippen molar-refractivity contribution in [3.63, 3.8) is 0 Å². The van der Waals surface area contributed by atoms with Crippen LogP contribution in [-0.4, -0.2) is 124 Å². The van der Waals surface area contributed by atoms with Gasteiger partial charge in [-0.2, -0.15) is 0 Å². The van der Waals surface area contributed by atoms with Crippen LogP contribution in [-0.2, 0) is 44.8 Å². The molecule has 4 aromatic rings. The molecule has 2 aliphatic heterocycles. The van der Waals surface area contributed by atoms with E-state index in [2.05, 4.69) is 26.2 Å². The number of nitrogens with one attached hydrogen (secondary N) is 2. The number of fused-ring (bicyclic) bond motifs is 2. The predicted molar refractivity (Wildman–Crippen MR) is 207 cm³/mol. The van der Waals surface area contributed by atoms with Crippen molar-refractivity contribution < 1.29 is 77.0 Å². The van der Waals surface area contributed by atoms with Gasteiger partial charge >= 0.3 is 35.5 Å². The van der Waals surface area contributed by atoms with E-state index in [-0.39, 0.29) is 56.0 Å². The number of tetrazole rings is 1. The maximum atomic E-state index is 14.3. The molecular weight excluding hydrogens is 867 g/mol. The maximum absolute atomic E-state index is 14.3. The van der Waals surface area contributed by atoms with Gasteiger partial charge in [0.25, 0.3) is 17.5 Å². The number of benzene rings is 2. The fourth-order valence-electron chi connectivity index (χ4n) is 6.15. The molecule has 2 aromatic heterocycles. The van der Waals surface area contributed by atoms with Crippen LogP contribution in [0.2, 0.25) is 0 Å². The molecule has 6 rings (SSSR count). The summed E-state index contributed by atoms with van der Waals surface area (Å²) in [4.78, 5) is 115. The number of carboxylic acid groups (broad SMARTS) is 3. The van der Waals surface area contributed by atoms with Crippen molar-refractivity contribution >= 4 is 82.1 Å². The second kappa shape index (κ2) is 18.1. The lowest BCUT2D eigenvalue weighted by atomic mass is 9.96. The van der Waals surface area contributed by atoms with Gasteiger partial charge in [-0.3, -0.25) is 33.7 Å². The van der Waals surface area contributed by atoms with E-state index in [0.29, 0.717) is 0 Å². The smallest absolute Gasteiger partial charge is 0.352 e. The second-order valence-electron chi connectivity index (χ2n) is 13.0. The molecule has 0 saturated carbocycles. The second-order valence-corrected chi connectivity index (χ2v) is 15.0. The molecule has 324 valence electrons. The van der Waals surface area contributed by atoms with Crippen LogP contribution in [0.1, 0.15) is 35.8 Å². The van der Waals surface area contributed by atoms with Crippen molar-refractivity contribution in [1.82, 2.24) is 35.7 Å². The first-order chi connectivity index (χ1) is 29.4. The zero-order valence-electron chi connectivity index (χ0n) is 32.1. The Hall–Kier alpha value is -7.32.